The molecule has 0 bridgehead atoms. The van der Waals surface area contributed by atoms with Crippen molar-refractivity contribution in [3.05, 3.63) is 59.9 Å². The van der Waals surface area contributed by atoms with E-state index in [9.17, 15) is 14.4 Å². The molecule has 162 valence electrons. The van der Waals surface area contributed by atoms with Crippen LogP contribution in [0, 0.1) is 0 Å². The van der Waals surface area contributed by atoms with E-state index in [2.05, 4.69) is 20.9 Å². The minimum Gasteiger partial charge on any atom is -0.465 e. The van der Waals surface area contributed by atoms with Crippen molar-refractivity contribution in [1.82, 2.24) is 20.2 Å². The van der Waals surface area contributed by atoms with E-state index in [0.29, 0.717) is 29.9 Å². The minimum absolute atomic E-state index is 0.0533. The fourth-order valence-corrected chi connectivity index (χ4v) is 3.07. The first-order chi connectivity index (χ1) is 14.9. The number of hydrogen-bond donors (Lipinski definition) is 3. The van der Waals surface area contributed by atoms with E-state index in [1.54, 1.807) is 42.7 Å². The Balaban J connectivity index is 1.59. The van der Waals surface area contributed by atoms with Crippen LogP contribution in [-0.4, -0.2) is 47.2 Å². The predicted molar refractivity (Wildman–Crippen MR) is 117 cm³/mol. The fourth-order valence-electron chi connectivity index (χ4n) is 3.07. The molecule has 1 heterocycles. The van der Waals surface area contributed by atoms with Crippen molar-refractivity contribution >= 4 is 34.6 Å². The van der Waals surface area contributed by atoms with Crippen LogP contribution in [0.5, 0.6) is 0 Å². The third kappa shape index (κ3) is 5.39. The van der Waals surface area contributed by atoms with Gasteiger partial charge in [-0.1, -0.05) is 12.1 Å². The molecule has 0 unspecified atom stereocenters. The van der Waals surface area contributed by atoms with Crippen LogP contribution in [0.15, 0.2) is 48.8 Å². The van der Waals surface area contributed by atoms with Crippen molar-refractivity contribution in [2.45, 2.75) is 26.4 Å². The van der Waals surface area contributed by atoms with Crippen molar-refractivity contribution in [1.29, 1.82) is 0 Å². The molecule has 0 atom stereocenters. The highest BCUT2D eigenvalue weighted by Gasteiger charge is 2.13. The molecule has 1 aromatic heterocycles. The molecule has 0 radical (unpaired) electrons. The maximum Gasteiger partial charge on any atom is 0.339 e. The molecule has 9 heteroatoms. The molecular formula is C22H25N5O4. The Morgan fingerprint density at radius 1 is 1.13 bits per heavy atom. The first-order valence-electron chi connectivity index (χ1n) is 9.87. The summed E-state index contributed by atoms with van der Waals surface area (Å²) in [5.74, 6) is -0.667. The average Bonchev–Trinajstić information content (AvgIpc) is 3.15. The number of esters is 1. The van der Waals surface area contributed by atoms with E-state index >= 15 is 0 Å². The highest BCUT2D eigenvalue weighted by Crippen LogP contribution is 2.16. The summed E-state index contributed by atoms with van der Waals surface area (Å²) in [6.45, 7) is 4.64. The van der Waals surface area contributed by atoms with Crippen LogP contribution < -0.4 is 16.0 Å². The van der Waals surface area contributed by atoms with Crippen LogP contribution in [0.1, 0.15) is 34.6 Å². The first-order valence-corrected chi connectivity index (χ1v) is 9.87. The SMILES string of the molecule is COC(=O)c1ccccc1NC(=O)NCCn1cnc2cc(C(=O)NC(C)C)ccc21. The molecule has 2 aromatic carbocycles. The Hall–Kier alpha value is -3.88. The standard InChI is InChI=1S/C22H25N5O4/c1-14(2)25-20(28)15-8-9-19-18(12-15)24-13-27(19)11-10-23-22(30)26-17-7-5-4-6-16(17)21(29)31-3/h4-9,12-14H,10-11H2,1-3H3,(H,25,28)(H2,23,26,30). The van der Waals surface area contributed by atoms with Gasteiger partial charge in [0.05, 0.1) is 35.7 Å². The van der Waals surface area contributed by atoms with Gasteiger partial charge in [-0.15, -0.1) is 0 Å². The summed E-state index contributed by atoms with van der Waals surface area (Å²) in [6.07, 6.45) is 1.67. The topological polar surface area (TPSA) is 114 Å². The maximum atomic E-state index is 12.2. The van der Waals surface area contributed by atoms with Gasteiger partial charge in [-0.05, 0) is 44.2 Å². The molecule has 0 spiro atoms. The van der Waals surface area contributed by atoms with E-state index in [-0.39, 0.29) is 17.5 Å². The highest BCUT2D eigenvalue weighted by atomic mass is 16.5. The average molecular weight is 423 g/mol. The molecule has 0 saturated carbocycles. The summed E-state index contributed by atoms with van der Waals surface area (Å²) in [5, 5.41) is 8.27. The van der Waals surface area contributed by atoms with Gasteiger partial charge in [0.15, 0.2) is 0 Å². The van der Waals surface area contributed by atoms with Crippen molar-refractivity contribution in [2.75, 3.05) is 19.0 Å². The lowest BCUT2D eigenvalue weighted by atomic mass is 10.1. The summed E-state index contributed by atoms with van der Waals surface area (Å²) in [6, 6.07) is 11.6. The smallest absolute Gasteiger partial charge is 0.339 e. The molecule has 9 nitrogen and oxygen atoms in total. The summed E-state index contributed by atoms with van der Waals surface area (Å²) in [7, 11) is 1.29. The number of carbonyl (C=O) groups is 3. The van der Waals surface area contributed by atoms with Gasteiger partial charge < -0.3 is 25.3 Å². The molecule has 0 aliphatic carbocycles. The number of para-hydroxylation sites is 1. The third-order valence-electron chi connectivity index (χ3n) is 4.52. The van der Waals surface area contributed by atoms with Crippen molar-refractivity contribution < 1.29 is 19.1 Å². The summed E-state index contributed by atoms with van der Waals surface area (Å²) in [5.41, 5.74) is 2.76. The van der Waals surface area contributed by atoms with E-state index in [4.69, 9.17) is 4.74 Å². The molecule has 3 amide bonds. The van der Waals surface area contributed by atoms with Crippen molar-refractivity contribution in [2.24, 2.45) is 0 Å². The van der Waals surface area contributed by atoms with Gasteiger partial charge in [-0.25, -0.2) is 14.6 Å². The largest absolute Gasteiger partial charge is 0.465 e. The lowest BCUT2D eigenvalue weighted by Crippen LogP contribution is -2.32. The maximum absolute atomic E-state index is 12.2. The molecule has 31 heavy (non-hydrogen) atoms. The minimum atomic E-state index is -0.526. The highest BCUT2D eigenvalue weighted by molar-refractivity contribution is 6.00. The summed E-state index contributed by atoms with van der Waals surface area (Å²) >= 11 is 0. The normalized spacial score (nSPS) is 10.7. The number of aromatic nitrogens is 2. The van der Waals surface area contributed by atoms with Crippen LogP contribution in [0.2, 0.25) is 0 Å². The quantitative estimate of drug-likeness (QED) is 0.506. The number of imidazole rings is 1. The zero-order valence-corrected chi connectivity index (χ0v) is 17.6. The number of nitrogens with one attached hydrogen (secondary N) is 3. The summed E-state index contributed by atoms with van der Waals surface area (Å²) < 4.78 is 6.62. The number of hydrogen-bond acceptors (Lipinski definition) is 5. The van der Waals surface area contributed by atoms with Gasteiger partial charge in [0, 0.05) is 24.7 Å². The van der Waals surface area contributed by atoms with Gasteiger partial charge >= 0.3 is 12.0 Å². The lowest BCUT2D eigenvalue weighted by molar-refractivity contribution is 0.0601. The third-order valence-corrected chi connectivity index (χ3v) is 4.52. The number of methoxy groups -OCH3 is 1. The number of benzene rings is 2. The Morgan fingerprint density at radius 2 is 1.90 bits per heavy atom. The molecule has 0 saturated heterocycles. The Bertz CT molecular complexity index is 1110. The van der Waals surface area contributed by atoms with Crippen LogP contribution in [0.25, 0.3) is 11.0 Å². The second-order valence-corrected chi connectivity index (χ2v) is 7.19. The molecule has 3 rings (SSSR count). The number of carbonyl (C=O) groups excluding carboxylic acids is 3. The van der Waals surface area contributed by atoms with Gasteiger partial charge in [0.25, 0.3) is 5.91 Å². The number of urea groups is 1. The van der Waals surface area contributed by atoms with Crippen LogP contribution >= 0.6 is 0 Å². The molecule has 0 aliphatic rings. The number of anilines is 1. The van der Waals surface area contributed by atoms with E-state index in [1.165, 1.54) is 7.11 Å². The van der Waals surface area contributed by atoms with Crippen molar-refractivity contribution in [3.8, 4) is 0 Å². The van der Waals surface area contributed by atoms with Crippen LogP contribution in [-0.2, 0) is 11.3 Å². The van der Waals surface area contributed by atoms with Gasteiger partial charge in [-0.3, -0.25) is 4.79 Å². The van der Waals surface area contributed by atoms with Crippen LogP contribution in [0.4, 0.5) is 10.5 Å². The second kappa shape index (κ2) is 9.75. The van der Waals surface area contributed by atoms with Gasteiger partial charge in [0.2, 0.25) is 0 Å². The van der Waals surface area contributed by atoms with E-state index in [1.807, 2.05) is 24.5 Å². The van der Waals surface area contributed by atoms with E-state index < -0.39 is 12.0 Å². The zero-order chi connectivity index (χ0) is 22.4. The summed E-state index contributed by atoms with van der Waals surface area (Å²) in [4.78, 5) is 40.5. The Labute approximate surface area is 179 Å². The molecule has 0 fully saturated rings. The first kappa shape index (κ1) is 21.8. The second-order valence-electron chi connectivity index (χ2n) is 7.19. The van der Waals surface area contributed by atoms with E-state index in [0.717, 1.165) is 5.52 Å². The number of fused-ring (bicyclic) bond motifs is 1. The Kier molecular flexibility index (Phi) is 6.86. The molecular weight excluding hydrogens is 398 g/mol. The molecule has 3 N–H and O–H groups in total. The number of rotatable bonds is 7. The monoisotopic (exact) mass is 423 g/mol. The molecule has 3 aromatic rings. The number of amides is 3. The fraction of sp³-hybridized carbons (Fsp3) is 0.273. The molecule has 0 aliphatic heterocycles. The lowest BCUT2D eigenvalue weighted by Gasteiger charge is -2.11. The van der Waals surface area contributed by atoms with Gasteiger partial charge in [0.1, 0.15) is 0 Å². The van der Waals surface area contributed by atoms with Gasteiger partial charge in [-0.2, -0.15) is 0 Å². The number of ether oxygens (including phenoxy) is 1. The Morgan fingerprint density at radius 3 is 2.65 bits per heavy atom. The van der Waals surface area contributed by atoms with Crippen LogP contribution in [0.3, 0.4) is 0 Å². The van der Waals surface area contributed by atoms with Crippen molar-refractivity contribution in [3.63, 3.8) is 0 Å². The predicted octanol–water partition coefficient (Wildman–Crippen LogP) is 2.78. The zero-order valence-electron chi connectivity index (χ0n) is 17.6. The number of nitrogens with zero attached hydrogens (tertiary/aromatic N) is 2.